The number of hydrogen-bond acceptors (Lipinski definition) is 4. The average Bonchev–Trinajstić information content (AvgIpc) is 2.12. The monoisotopic (exact) mass is 271 g/mol. The van der Waals surface area contributed by atoms with Crippen LogP contribution in [0.4, 0.5) is 0 Å². The summed E-state index contributed by atoms with van der Waals surface area (Å²) in [6.45, 7) is 7.48. The zero-order valence-electron chi connectivity index (χ0n) is 11.5. The summed E-state index contributed by atoms with van der Waals surface area (Å²) in [5.74, 6) is 1.19. The fourth-order valence-electron chi connectivity index (χ4n) is 2.16. The lowest BCUT2D eigenvalue weighted by Crippen LogP contribution is -2.36. The molecule has 1 heterocycles. The van der Waals surface area contributed by atoms with Crippen LogP contribution in [0.5, 0.6) is 0 Å². The summed E-state index contributed by atoms with van der Waals surface area (Å²) < 4.78 is 11.1. The first-order valence-electron chi connectivity index (χ1n) is 5.94. The molecule has 5 nitrogen and oxygen atoms in total. The van der Waals surface area contributed by atoms with E-state index in [2.05, 4.69) is 15.3 Å². The van der Waals surface area contributed by atoms with E-state index >= 15 is 0 Å². The molecule has 0 aliphatic heterocycles. The Morgan fingerprint density at radius 3 is 2.50 bits per heavy atom. The van der Waals surface area contributed by atoms with Crippen LogP contribution in [0.1, 0.15) is 37.0 Å². The molecule has 18 heavy (non-hydrogen) atoms. The molecule has 0 amide bonds. The maximum atomic E-state index is 11.9. The second kappa shape index (κ2) is 6.24. The molecular weight excluding hydrogens is 250 g/mol. The molecule has 0 radical (unpaired) electrons. The van der Waals surface area contributed by atoms with Crippen LogP contribution < -0.4 is 10.9 Å². The molecule has 0 saturated carbocycles. The van der Waals surface area contributed by atoms with E-state index in [1.165, 1.54) is 0 Å². The number of aromatic nitrogens is 2. The van der Waals surface area contributed by atoms with Crippen molar-refractivity contribution in [3.05, 3.63) is 27.4 Å². The van der Waals surface area contributed by atoms with Gasteiger partial charge in [-0.1, -0.05) is 0 Å². The Morgan fingerprint density at radius 2 is 2.00 bits per heavy atom. The molecule has 0 saturated heterocycles. The summed E-state index contributed by atoms with van der Waals surface area (Å²) in [6.07, 6.45) is 1.67. The summed E-state index contributed by atoms with van der Waals surface area (Å²) >= 11 is 0. The highest BCUT2D eigenvalue weighted by atomic mass is 32.2. The van der Waals surface area contributed by atoms with Gasteiger partial charge in [0.25, 0.3) is 5.56 Å². The SMILES string of the molecule is Cc1nc(C)c(C(C)NC(C)CS(C)=O)c(=O)[nH]1. The van der Waals surface area contributed by atoms with E-state index in [1.54, 1.807) is 13.2 Å². The van der Waals surface area contributed by atoms with Crippen LogP contribution in [0, 0.1) is 13.8 Å². The molecule has 0 fully saturated rings. The van der Waals surface area contributed by atoms with E-state index in [0.717, 1.165) is 5.69 Å². The van der Waals surface area contributed by atoms with Crippen molar-refractivity contribution in [2.24, 2.45) is 0 Å². The zero-order valence-corrected chi connectivity index (χ0v) is 12.4. The Morgan fingerprint density at radius 1 is 1.39 bits per heavy atom. The molecule has 1 aromatic heterocycles. The third kappa shape index (κ3) is 4.03. The molecule has 0 bridgehead atoms. The smallest absolute Gasteiger partial charge is 0.255 e. The molecule has 0 spiro atoms. The minimum absolute atomic E-state index is 0.0888. The van der Waals surface area contributed by atoms with Crippen molar-refractivity contribution in [2.45, 2.75) is 39.8 Å². The first-order valence-corrected chi connectivity index (χ1v) is 7.67. The highest BCUT2D eigenvalue weighted by Crippen LogP contribution is 2.11. The van der Waals surface area contributed by atoms with Gasteiger partial charge in [0.2, 0.25) is 0 Å². The van der Waals surface area contributed by atoms with Crippen molar-refractivity contribution >= 4 is 10.8 Å². The number of nitrogens with zero attached hydrogens (tertiary/aromatic N) is 1. The Balaban J connectivity index is 2.88. The second-order valence-electron chi connectivity index (χ2n) is 4.68. The normalized spacial score (nSPS) is 16.3. The first kappa shape index (κ1) is 15.0. The van der Waals surface area contributed by atoms with Crippen molar-refractivity contribution in [1.29, 1.82) is 0 Å². The summed E-state index contributed by atoms with van der Waals surface area (Å²) in [5, 5.41) is 3.28. The molecular formula is C12H21N3O2S. The van der Waals surface area contributed by atoms with E-state index in [-0.39, 0.29) is 17.6 Å². The third-order valence-electron chi connectivity index (χ3n) is 2.72. The van der Waals surface area contributed by atoms with Gasteiger partial charge in [-0.2, -0.15) is 0 Å². The molecule has 1 aromatic rings. The Bertz CT molecular complexity index is 499. The van der Waals surface area contributed by atoms with Gasteiger partial charge in [0, 0.05) is 40.6 Å². The minimum Gasteiger partial charge on any atom is -0.310 e. The highest BCUT2D eigenvalue weighted by molar-refractivity contribution is 7.84. The summed E-state index contributed by atoms with van der Waals surface area (Å²) in [5.41, 5.74) is 1.28. The maximum Gasteiger partial charge on any atom is 0.255 e. The van der Waals surface area contributed by atoms with E-state index in [9.17, 15) is 9.00 Å². The third-order valence-corrected chi connectivity index (χ3v) is 3.69. The van der Waals surface area contributed by atoms with Crippen molar-refractivity contribution in [1.82, 2.24) is 15.3 Å². The van der Waals surface area contributed by atoms with Gasteiger partial charge in [0.1, 0.15) is 5.82 Å². The predicted octanol–water partition coefficient (Wildman–Crippen LogP) is 0.804. The maximum absolute atomic E-state index is 11.9. The second-order valence-corrected chi connectivity index (χ2v) is 6.16. The minimum atomic E-state index is -0.847. The Labute approximate surface area is 110 Å². The first-order chi connectivity index (χ1) is 8.31. The van der Waals surface area contributed by atoms with E-state index < -0.39 is 10.8 Å². The van der Waals surface area contributed by atoms with Crippen LogP contribution in [0.2, 0.25) is 0 Å². The van der Waals surface area contributed by atoms with Crippen LogP contribution >= 0.6 is 0 Å². The fourth-order valence-corrected chi connectivity index (χ4v) is 2.96. The van der Waals surface area contributed by atoms with Crippen LogP contribution in [0.25, 0.3) is 0 Å². The topological polar surface area (TPSA) is 74.8 Å². The van der Waals surface area contributed by atoms with Crippen molar-refractivity contribution < 1.29 is 4.21 Å². The zero-order chi connectivity index (χ0) is 13.9. The van der Waals surface area contributed by atoms with Gasteiger partial charge in [-0.05, 0) is 27.7 Å². The van der Waals surface area contributed by atoms with Crippen LogP contribution in [0.3, 0.4) is 0 Å². The lowest BCUT2D eigenvalue weighted by Gasteiger charge is -2.20. The van der Waals surface area contributed by atoms with Gasteiger partial charge in [0.15, 0.2) is 0 Å². The van der Waals surface area contributed by atoms with E-state index in [4.69, 9.17) is 0 Å². The lowest BCUT2D eigenvalue weighted by atomic mass is 10.1. The molecule has 0 aromatic carbocycles. The lowest BCUT2D eigenvalue weighted by molar-refractivity contribution is 0.500. The number of nitrogens with one attached hydrogen (secondary N) is 2. The molecule has 3 atom stereocenters. The molecule has 0 aliphatic rings. The summed E-state index contributed by atoms with van der Waals surface area (Å²) in [4.78, 5) is 18.9. The standard InChI is InChI=1S/C12H21N3O2S/c1-7(6-18(5)17)13-8(2)11-9(3)14-10(4)15-12(11)16/h7-8,13H,6H2,1-5H3,(H,14,15,16). The number of aryl methyl sites for hydroxylation is 2. The largest absolute Gasteiger partial charge is 0.310 e. The molecule has 102 valence electrons. The van der Waals surface area contributed by atoms with Crippen molar-refractivity contribution in [3.63, 3.8) is 0 Å². The number of hydrogen-bond donors (Lipinski definition) is 2. The molecule has 6 heteroatoms. The quantitative estimate of drug-likeness (QED) is 0.831. The summed E-state index contributed by atoms with van der Waals surface area (Å²) in [7, 11) is -0.847. The predicted molar refractivity (Wildman–Crippen MR) is 74.3 cm³/mol. The number of aromatic amines is 1. The van der Waals surface area contributed by atoms with Crippen molar-refractivity contribution in [2.75, 3.05) is 12.0 Å². The molecule has 1 rings (SSSR count). The number of rotatable bonds is 5. The number of H-pyrrole nitrogens is 1. The van der Waals surface area contributed by atoms with Gasteiger partial charge in [0.05, 0.1) is 5.56 Å². The summed E-state index contributed by atoms with van der Waals surface area (Å²) in [6, 6.07) is -0.0219. The van der Waals surface area contributed by atoms with Gasteiger partial charge in [-0.15, -0.1) is 0 Å². The molecule has 0 aliphatic carbocycles. The fraction of sp³-hybridized carbons (Fsp3) is 0.667. The van der Waals surface area contributed by atoms with Crippen LogP contribution in [-0.4, -0.2) is 32.2 Å². The van der Waals surface area contributed by atoms with Crippen molar-refractivity contribution in [3.8, 4) is 0 Å². The Hall–Kier alpha value is -1.01. The van der Waals surface area contributed by atoms with E-state index in [0.29, 0.717) is 17.1 Å². The molecule has 2 N–H and O–H groups in total. The van der Waals surface area contributed by atoms with Gasteiger partial charge < -0.3 is 10.3 Å². The van der Waals surface area contributed by atoms with Crippen LogP contribution in [0.15, 0.2) is 4.79 Å². The Kier molecular flexibility index (Phi) is 5.22. The van der Waals surface area contributed by atoms with Crippen LogP contribution in [-0.2, 0) is 10.8 Å². The van der Waals surface area contributed by atoms with Gasteiger partial charge in [-0.3, -0.25) is 9.00 Å². The highest BCUT2D eigenvalue weighted by Gasteiger charge is 2.16. The molecule has 3 unspecified atom stereocenters. The average molecular weight is 271 g/mol. The van der Waals surface area contributed by atoms with Gasteiger partial charge in [-0.25, -0.2) is 4.98 Å². The van der Waals surface area contributed by atoms with Gasteiger partial charge >= 0.3 is 0 Å². The van der Waals surface area contributed by atoms with E-state index in [1.807, 2.05) is 20.8 Å².